The Bertz CT molecular complexity index is 419. The first kappa shape index (κ1) is 13.0. The van der Waals surface area contributed by atoms with Crippen molar-refractivity contribution >= 4 is 5.78 Å². The molecule has 1 aromatic rings. The maximum atomic E-state index is 12.4. The summed E-state index contributed by atoms with van der Waals surface area (Å²) >= 11 is 0. The van der Waals surface area contributed by atoms with Crippen molar-refractivity contribution in [2.75, 3.05) is 19.8 Å². The number of nitrogens with zero attached hydrogens (tertiary/aromatic N) is 1. The van der Waals surface area contributed by atoms with Crippen LogP contribution in [-0.2, 0) is 4.74 Å². The summed E-state index contributed by atoms with van der Waals surface area (Å²) in [5.74, 6) is 1.11. The van der Waals surface area contributed by atoms with Gasteiger partial charge < -0.3 is 9.47 Å². The molecule has 0 aliphatic carbocycles. The van der Waals surface area contributed by atoms with Crippen LogP contribution in [0.1, 0.15) is 30.6 Å². The van der Waals surface area contributed by atoms with Crippen molar-refractivity contribution in [3.05, 3.63) is 24.0 Å². The van der Waals surface area contributed by atoms with Crippen molar-refractivity contribution in [1.29, 1.82) is 0 Å². The Balaban J connectivity index is 2.14. The lowest BCUT2D eigenvalue weighted by Crippen LogP contribution is -2.31. The van der Waals surface area contributed by atoms with Crippen LogP contribution in [0.5, 0.6) is 5.75 Å². The molecule has 1 fully saturated rings. The van der Waals surface area contributed by atoms with Gasteiger partial charge in [0.25, 0.3) is 0 Å². The number of ether oxygens (including phenoxy) is 2. The Morgan fingerprint density at radius 2 is 2.39 bits per heavy atom. The van der Waals surface area contributed by atoms with Crippen LogP contribution in [0.25, 0.3) is 0 Å². The van der Waals surface area contributed by atoms with E-state index in [9.17, 15) is 4.79 Å². The van der Waals surface area contributed by atoms with Gasteiger partial charge in [-0.05, 0) is 25.3 Å². The standard InChI is InChI=1S/C14H19NO3/c1-3-18-12-6-11(7-15-8-12)14(16)13-4-5-17-9-10(13)2/h6-8,10,13H,3-5,9H2,1-2H3. The SMILES string of the molecule is CCOc1cncc(C(=O)C2CCOCC2C)c1. The fourth-order valence-electron chi connectivity index (χ4n) is 2.28. The average molecular weight is 249 g/mol. The molecule has 2 rings (SSSR count). The lowest BCUT2D eigenvalue weighted by Gasteiger charge is -2.27. The van der Waals surface area contributed by atoms with Crippen LogP contribution in [0.4, 0.5) is 0 Å². The van der Waals surface area contributed by atoms with E-state index in [2.05, 4.69) is 11.9 Å². The first-order chi connectivity index (χ1) is 8.72. The zero-order chi connectivity index (χ0) is 13.0. The molecule has 1 aliphatic rings. The van der Waals surface area contributed by atoms with Crippen LogP contribution in [0, 0.1) is 11.8 Å². The second-order valence-electron chi connectivity index (χ2n) is 4.65. The van der Waals surface area contributed by atoms with Gasteiger partial charge in [-0.2, -0.15) is 0 Å². The second kappa shape index (κ2) is 5.96. The normalized spacial score (nSPS) is 23.7. The minimum atomic E-state index is 0.0393. The number of aromatic nitrogens is 1. The molecule has 1 aromatic heterocycles. The summed E-state index contributed by atoms with van der Waals surface area (Å²) in [6.45, 7) is 5.87. The van der Waals surface area contributed by atoms with Crippen molar-refractivity contribution in [3.8, 4) is 5.75 Å². The summed E-state index contributed by atoms with van der Waals surface area (Å²) in [7, 11) is 0. The van der Waals surface area contributed by atoms with Gasteiger partial charge in [0.05, 0.1) is 12.8 Å². The highest BCUT2D eigenvalue weighted by Gasteiger charge is 2.29. The monoisotopic (exact) mass is 249 g/mol. The van der Waals surface area contributed by atoms with E-state index in [0.717, 1.165) is 6.42 Å². The topological polar surface area (TPSA) is 48.4 Å². The summed E-state index contributed by atoms with van der Waals surface area (Å²) in [6.07, 6.45) is 4.04. The van der Waals surface area contributed by atoms with Gasteiger partial charge in [0, 0.05) is 30.9 Å². The third-order valence-corrected chi connectivity index (χ3v) is 3.29. The number of hydrogen-bond donors (Lipinski definition) is 0. The minimum absolute atomic E-state index is 0.0393. The summed E-state index contributed by atoms with van der Waals surface area (Å²) in [4.78, 5) is 16.5. The van der Waals surface area contributed by atoms with E-state index < -0.39 is 0 Å². The Hall–Kier alpha value is -1.42. The molecule has 4 nitrogen and oxygen atoms in total. The number of ketones is 1. The highest BCUT2D eigenvalue weighted by Crippen LogP contribution is 2.26. The molecule has 98 valence electrons. The van der Waals surface area contributed by atoms with E-state index in [1.54, 1.807) is 18.5 Å². The van der Waals surface area contributed by atoms with Crippen molar-refractivity contribution in [1.82, 2.24) is 4.98 Å². The lowest BCUT2D eigenvalue weighted by molar-refractivity contribution is 0.0241. The predicted octanol–water partition coefficient (Wildman–Crippen LogP) is 2.34. The zero-order valence-corrected chi connectivity index (χ0v) is 10.9. The van der Waals surface area contributed by atoms with Gasteiger partial charge in [-0.25, -0.2) is 0 Å². The third kappa shape index (κ3) is 2.88. The first-order valence-corrected chi connectivity index (χ1v) is 6.42. The number of rotatable bonds is 4. The quantitative estimate of drug-likeness (QED) is 0.768. The Morgan fingerprint density at radius 1 is 1.56 bits per heavy atom. The van der Waals surface area contributed by atoms with E-state index >= 15 is 0 Å². The predicted molar refractivity (Wildman–Crippen MR) is 67.8 cm³/mol. The van der Waals surface area contributed by atoms with Crippen molar-refractivity contribution in [2.45, 2.75) is 20.3 Å². The Labute approximate surface area is 107 Å². The maximum Gasteiger partial charge on any atom is 0.168 e. The molecular weight excluding hydrogens is 230 g/mol. The van der Waals surface area contributed by atoms with Crippen molar-refractivity contribution in [2.24, 2.45) is 11.8 Å². The number of Topliss-reactive ketones (excluding diaryl/α,β-unsaturated/α-hetero) is 1. The number of pyridine rings is 1. The van der Waals surface area contributed by atoms with Gasteiger partial charge in [0.2, 0.25) is 0 Å². The fourth-order valence-corrected chi connectivity index (χ4v) is 2.28. The first-order valence-electron chi connectivity index (χ1n) is 6.42. The largest absolute Gasteiger partial charge is 0.492 e. The molecule has 0 amide bonds. The molecular formula is C14H19NO3. The van der Waals surface area contributed by atoms with Gasteiger partial charge in [-0.15, -0.1) is 0 Å². The number of carbonyl (C=O) groups excluding carboxylic acids is 1. The molecule has 0 aromatic carbocycles. The third-order valence-electron chi connectivity index (χ3n) is 3.29. The van der Waals surface area contributed by atoms with Gasteiger partial charge in [0.1, 0.15) is 5.75 Å². The van der Waals surface area contributed by atoms with E-state index in [4.69, 9.17) is 9.47 Å². The Kier molecular flexibility index (Phi) is 4.31. The molecule has 18 heavy (non-hydrogen) atoms. The van der Waals surface area contributed by atoms with Crippen LogP contribution in [-0.4, -0.2) is 30.6 Å². The van der Waals surface area contributed by atoms with Crippen LogP contribution >= 0.6 is 0 Å². The van der Waals surface area contributed by atoms with Crippen LogP contribution < -0.4 is 4.74 Å². The highest BCUT2D eigenvalue weighted by atomic mass is 16.5. The van der Waals surface area contributed by atoms with Crippen molar-refractivity contribution in [3.63, 3.8) is 0 Å². The molecule has 2 atom stereocenters. The smallest absolute Gasteiger partial charge is 0.168 e. The second-order valence-corrected chi connectivity index (χ2v) is 4.65. The Morgan fingerprint density at radius 3 is 3.11 bits per heavy atom. The van der Waals surface area contributed by atoms with Gasteiger partial charge in [0.15, 0.2) is 5.78 Å². The molecule has 2 heterocycles. The maximum absolute atomic E-state index is 12.4. The molecule has 2 unspecified atom stereocenters. The highest BCUT2D eigenvalue weighted by molar-refractivity contribution is 5.98. The molecule has 0 saturated carbocycles. The molecule has 0 spiro atoms. The fraction of sp³-hybridized carbons (Fsp3) is 0.571. The number of hydrogen-bond acceptors (Lipinski definition) is 4. The van der Waals surface area contributed by atoms with E-state index in [0.29, 0.717) is 31.1 Å². The molecule has 1 aliphatic heterocycles. The van der Waals surface area contributed by atoms with Crippen LogP contribution in [0.2, 0.25) is 0 Å². The summed E-state index contributed by atoms with van der Waals surface area (Å²) in [6, 6.07) is 1.78. The van der Waals surface area contributed by atoms with Crippen LogP contribution in [0.15, 0.2) is 18.5 Å². The van der Waals surface area contributed by atoms with Crippen molar-refractivity contribution < 1.29 is 14.3 Å². The average Bonchev–Trinajstić information content (AvgIpc) is 2.39. The van der Waals surface area contributed by atoms with E-state index in [1.807, 2.05) is 6.92 Å². The van der Waals surface area contributed by atoms with E-state index in [-0.39, 0.29) is 17.6 Å². The zero-order valence-electron chi connectivity index (χ0n) is 10.9. The van der Waals surface area contributed by atoms with E-state index in [1.165, 1.54) is 0 Å². The van der Waals surface area contributed by atoms with Crippen LogP contribution in [0.3, 0.4) is 0 Å². The minimum Gasteiger partial charge on any atom is -0.492 e. The van der Waals surface area contributed by atoms with Gasteiger partial charge in [-0.3, -0.25) is 9.78 Å². The summed E-state index contributed by atoms with van der Waals surface area (Å²) in [5, 5.41) is 0. The molecule has 0 N–H and O–H groups in total. The molecule has 0 radical (unpaired) electrons. The molecule has 4 heteroatoms. The molecule has 1 saturated heterocycles. The van der Waals surface area contributed by atoms with Gasteiger partial charge in [-0.1, -0.05) is 6.92 Å². The summed E-state index contributed by atoms with van der Waals surface area (Å²) < 4.78 is 10.7. The molecule has 0 bridgehead atoms. The van der Waals surface area contributed by atoms with Gasteiger partial charge >= 0.3 is 0 Å². The summed E-state index contributed by atoms with van der Waals surface area (Å²) in [5.41, 5.74) is 0.639. The number of carbonyl (C=O) groups is 1. The lowest BCUT2D eigenvalue weighted by atomic mass is 9.84.